The van der Waals surface area contributed by atoms with Crippen LogP contribution in [-0.4, -0.2) is 27.4 Å². The van der Waals surface area contributed by atoms with Crippen LogP contribution in [0.25, 0.3) is 0 Å². The van der Waals surface area contributed by atoms with E-state index in [1.54, 1.807) is 24.3 Å². The molecule has 0 bridgehead atoms. The van der Waals surface area contributed by atoms with Crippen molar-refractivity contribution in [2.24, 2.45) is 5.92 Å². The molecule has 1 aromatic rings. The number of sulfonamides is 1. The van der Waals surface area contributed by atoms with E-state index in [0.717, 1.165) is 12.8 Å². The Morgan fingerprint density at radius 2 is 2.00 bits per heavy atom. The van der Waals surface area contributed by atoms with E-state index < -0.39 is 10.0 Å². The van der Waals surface area contributed by atoms with Crippen molar-refractivity contribution < 1.29 is 13.2 Å². The van der Waals surface area contributed by atoms with E-state index in [0.29, 0.717) is 11.1 Å². The zero-order chi connectivity index (χ0) is 15.3. The second-order valence-electron chi connectivity index (χ2n) is 4.99. The van der Waals surface area contributed by atoms with Gasteiger partial charge in [0.25, 0.3) is 0 Å². The van der Waals surface area contributed by atoms with Gasteiger partial charge in [0.15, 0.2) is 0 Å². The van der Waals surface area contributed by atoms with Crippen molar-refractivity contribution >= 4 is 15.9 Å². The summed E-state index contributed by atoms with van der Waals surface area (Å²) in [6.45, 7) is 0.421. The van der Waals surface area contributed by atoms with Crippen molar-refractivity contribution in [2.45, 2.75) is 18.6 Å². The third-order valence-corrected chi connectivity index (χ3v) is 4.51. The Morgan fingerprint density at radius 1 is 1.29 bits per heavy atom. The molecule has 1 aromatic carbocycles. The van der Waals surface area contributed by atoms with E-state index in [2.05, 4.69) is 10.0 Å². The molecule has 0 aliphatic heterocycles. The topological polar surface area (TPSA) is 99.1 Å². The van der Waals surface area contributed by atoms with Crippen LogP contribution in [0.3, 0.4) is 0 Å². The molecule has 1 saturated carbocycles. The van der Waals surface area contributed by atoms with Crippen LogP contribution in [0, 0.1) is 17.2 Å². The second-order valence-corrected chi connectivity index (χ2v) is 6.79. The molecule has 1 fully saturated rings. The summed E-state index contributed by atoms with van der Waals surface area (Å²) in [5.74, 6) is -0.138. The van der Waals surface area contributed by atoms with Gasteiger partial charge in [0.2, 0.25) is 15.9 Å². The predicted molar refractivity (Wildman–Crippen MR) is 77.5 cm³/mol. The number of amides is 1. The lowest BCUT2D eigenvalue weighted by Crippen LogP contribution is -2.35. The second kappa shape index (κ2) is 6.70. The Kier molecular flexibility index (Phi) is 4.94. The summed E-state index contributed by atoms with van der Waals surface area (Å²) in [4.78, 5) is 11.4. The summed E-state index contributed by atoms with van der Waals surface area (Å²) < 4.78 is 26.3. The molecule has 0 aromatic heterocycles. The summed E-state index contributed by atoms with van der Waals surface area (Å²) in [6.07, 6.45) is 1.84. The monoisotopic (exact) mass is 307 g/mol. The first kappa shape index (κ1) is 15.5. The van der Waals surface area contributed by atoms with Gasteiger partial charge in [-0.1, -0.05) is 18.2 Å². The van der Waals surface area contributed by atoms with E-state index in [1.165, 1.54) is 0 Å². The van der Waals surface area contributed by atoms with Crippen LogP contribution in [0.5, 0.6) is 0 Å². The zero-order valence-electron chi connectivity index (χ0n) is 11.5. The van der Waals surface area contributed by atoms with E-state index in [9.17, 15) is 13.2 Å². The van der Waals surface area contributed by atoms with Crippen LogP contribution >= 0.6 is 0 Å². The van der Waals surface area contributed by atoms with Crippen molar-refractivity contribution in [2.75, 3.05) is 13.1 Å². The van der Waals surface area contributed by atoms with Gasteiger partial charge in [0.1, 0.15) is 0 Å². The fraction of sp³-hybridized carbons (Fsp3) is 0.429. The molecule has 1 aliphatic rings. The van der Waals surface area contributed by atoms with Gasteiger partial charge in [0, 0.05) is 19.0 Å². The maximum atomic E-state index is 11.9. The van der Waals surface area contributed by atoms with Crippen molar-refractivity contribution in [3.8, 4) is 6.07 Å². The number of hydrogen-bond donors (Lipinski definition) is 2. The van der Waals surface area contributed by atoms with Crippen molar-refractivity contribution in [3.05, 3.63) is 35.4 Å². The molecule has 0 unspecified atom stereocenters. The van der Waals surface area contributed by atoms with Crippen LogP contribution in [-0.2, 0) is 20.6 Å². The molecular formula is C14H17N3O3S. The van der Waals surface area contributed by atoms with E-state index in [4.69, 9.17) is 5.26 Å². The first-order valence-electron chi connectivity index (χ1n) is 6.75. The summed E-state index contributed by atoms with van der Waals surface area (Å²) >= 11 is 0. The highest BCUT2D eigenvalue weighted by molar-refractivity contribution is 7.88. The highest BCUT2D eigenvalue weighted by Gasteiger charge is 2.29. The smallest absolute Gasteiger partial charge is 0.223 e. The lowest BCUT2D eigenvalue weighted by molar-refractivity contribution is -0.122. The molecule has 2 N–H and O–H groups in total. The van der Waals surface area contributed by atoms with Crippen LogP contribution in [0.4, 0.5) is 0 Å². The van der Waals surface area contributed by atoms with Gasteiger partial charge >= 0.3 is 0 Å². The minimum absolute atomic E-state index is 0.0102. The highest BCUT2D eigenvalue weighted by atomic mass is 32.2. The van der Waals surface area contributed by atoms with Crippen molar-refractivity contribution in [1.82, 2.24) is 10.0 Å². The molecule has 6 nitrogen and oxygen atoms in total. The molecule has 7 heteroatoms. The van der Waals surface area contributed by atoms with Gasteiger partial charge in [0.05, 0.1) is 17.4 Å². The molecule has 0 saturated heterocycles. The quantitative estimate of drug-likeness (QED) is 0.717. The number of benzene rings is 1. The first-order valence-corrected chi connectivity index (χ1v) is 8.40. The first-order chi connectivity index (χ1) is 10.0. The molecule has 21 heavy (non-hydrogen) atoms. The molecule has 112 valence electrons. The maximum Gasteiger partial charge on any atom is 0.223 e. The average molecular weight is 307 g/mol. The molecule has 0 heterocycles. The third-order valence-electron chi connectivity index (χ3n) is 3.18. The number of nitrogens with one attached hydrogen (secondary N) is 2. The lowest BCUT2D eigenvalue weighted by Gasteiger charge is -2.08. The fourth-order valence-corrected chi connectivity index (χ4v) is 3.07. The van der Waals surface area contributed by atoms with Crippen LogP contribution < -0.4 is 10.0 Å². The number of nitrogens with zero attached hydrogens (tertiary/aromatic N) is 1. The molecule has 0 atom stereocenters. The number of nitriles is 1. The van der Waals surface area contributed by atoms with Crippen molar-refractivity contribution in [3.63, 3.8) is 0 Å². The van der Waals surface area contributed by atoms with Crippen LogP contribution in [0.2, 0.25) is 0 Å². The molecule has 1 aliphatic carbocycles. The standard InChI is InChI=1S/C14H17N3O3S/c15-9-12-3-1-2-4-13(12)10-21(19,20)17-8-7-16-14(18)11-5-6-11/h1-4,11,17H,5-8,10H2,(H,16,18). The van der Waals surface area contributed by atoms with E-state index >= 15 is 0 Å². The third kappa shape index (κ3) is 4.85. The Hall–Kier alpha value is -1.91. The normalized spacial score (nSPS) is 14.4. The molecule has 0 radical (unpaired) electrons. The molecule has 1 amide bonds. The Labute approximate surface area is 124 Å². The highest BCUT2D eigenvalue weighted by Crippen LogP contribution is 2.28. The predicted octanol–water partition coefficient (Wildman–Crippen LogP) is 0.504. The fourth-order valence-electron chi connectivity index (χ4n) is 1.89. The SMILES string of the molecule is N#Cc1ccccc1CS(=O)(=O)NCCNC(=O)C1CC1. The minimum Gasteiger partial charge on any atom is -0.355 e. The van der Waals surface area contributed by atoms with Crippen LogP contribution in [0.15, 0.2) is 24.3 Å². The lowest BCUT2D eigenvalue weighted by atomic mass is 10.1. The summed E-state index contributed by atoms with van der Waals surface area (Å²) in [5.41, 5.74) is 0.819. The minimum atomic E-state index is -3.52. The van der Waals surface area contributed by atoms with Gasteiger partial charge in [-0.15, -0.1) is 0 Å². The molecule has 0 spiro atoms. The average Bonchev–Trinajstić information content (AvgIpc) is 3.28. The van der Waals surface area contributed by atoms with E-state index in [1.807, 2.05) is 6.07 Å². The van der Waals surface area contributed by atoms with Gasteiger partial charge < -0.3 is 5.32 Å². The van der Waals surface area contributed by atoms with Crippen LogP contribution in [0.1, 0.15) is 24.0 Å². The summed E-state index contributed by atoms with van der Waals surface area (Å²) in [7, 11) is -3.52. The number of carbonyl (C=O) groups excluding carboxylic acids is 1. The Morgan fingerprint density at radius 3 is 2.67 bits per heavy atom. The van der Waals surface area contributed by atoms with Gasteiger partial charge in [-0.3, -0.25) is 4.79 Å². The Balaban J connectivity index is 1.81. The summed E-state index contributed by atoms with van der Waals surface area (Å²) in [5, 5.41) is 11.6. The maximum absolute atomic E-state index is 11.9. The van der Waals surface area contributed by atoms with E-state index in [-0.39, 0.29) is 30.7 Å². The molecule has 2 rings (SSSR count). The zero-order valence-corrected chi connectivity index (χ0v) is 12.3. The van der Waals surface area contributed by atoms with Gasteiger partial charge in [-0.2, -0.15) is 5.26 Å². The Bertz CT molecular complexity index is 660. The number of carbonyl (C=O) groups is 1. The largest absolute Gasteiger partial charge is 0.355 e. The number of hydrogen-bond acceptors (Lipinski definition) is 4. The number of rotatable bonds is 7. The van der Waals surface area contributed by atoms with Gasteiger partial charge in [-0.05, 0) is 24.5 Å². The van der Waals surface area contributed by atoms with Crippen molar-refractivity contribution in [1.29, 1.82) is 5.26 Å². The van der Waals surface area contributed by atoms with Gasteiger partial charge in [-0.25, -0.2) is 13.1 Å². The molecular weight excluding hydrogens is 290 g/mol. The summed E-state index contributed by atoms with van der Waals surface area (Å²) in [6, 6.07) is 8.56.